The summed E-state index contributed by atoms with van der Waals surface area (Å²) in [5.41, 5.74) is 1.96. The highest BCUT2D eigenvalue weighted by Gasteiger charge is 2.13. The van der Waals surface area contributed by atoms with Crippen molar-refractivity contribution in [1.29, 1.82) is 0 Å². The molecule has 1 aromatic heterocycles. The predicted molar refractivity (Wildman–Crippen MR) is 72.4 cm³/mol. The molecular formula is C13H16N2OS. The van der Waals surface area contributed by atoms with Crippen molar-refractivity contribution in [2.75, 3.05) is 18.5 Å². The molecule has 1 aromatic carbocycles. The molecule has 0 aliphatic heterocycles. The van der Waals surface area contributed by atoms with Crippen LogP contribution in [0.1, 0.15) is 11.8 Å². The maximum Gasteiger partial charge on any atom is 0.185 e. The average molecular weight is 248 g/mol. The maximum absolute atomic E-state index is 9.40. The fraction of sp³-hybridized carbons (Fsp3) is 0.308. The van der Waals surface area contributed by atoms with Crippen molar-refractivity contribution >= 4 is 16.5 Å². The van der Waals surface area contributed by atoms with E-state index in [1.807, 2.05) is 37.4 Å². The standard InChI is InChI=1S/C13H16N2OS/c1-3-15(2)13-14-12(11(9-16)17-13)10-7-5-4-6-8-10/h4-8,16H,3,9H2,1-2H3. The first kappa shape index (κ1) is 12.1. The van der Waals surface area contributed by atoms with E-state index in [4.69, 9.17) is 0 Å². The monoisotopic (exact) mass is 248 g/mol. The van der Waals surface area contributed by atoms with Crippen LogP contribution in [0.3, 0.4) is 0 Å². The molecule has 3 nitrogen and oxygen atoms in total. The summed E-state index contributed by atoms with van der Waals surface area (Å²) in [6, 6.07) is 9.99. The lowest BCUT2D eigenvalue weighted by molar-refractivity contribution is 0.286. The summed E-state index contributed by atoms with van der Waals surface area (Å²) in [7, 11) is 2.01. The molecule has 17 heavy (non-hydrogen) atoms. The Morgan fingerprint density at radius 1 is 1.29 bits per heavy atom. The molecule has 2 aromatic rings. The SMILES string of the molecule is CCN(C)c1nc(-c2ccccc2)c(CO)s1. The Hall–Kier alpha value is -1.39. The molecule has 1 heterocycles. The van der Waals surface area contributed by atoms with Gasteiger partial charge in [-0.05, 0) is 6.92 Å². The van der Waals surface area contributed by atoms with E-state index in [0.29, 0.717) is 0 Å². The van der Waals surface area contributed by atoms with Gasteiger partial charge in [0, 0.05) is 19.2 Å². The highest BCUT2D eigenvalue weighted by molar-refractivity contribution is 7.16. The fourth-order valence-corrected chi connectivity index (χ4v) is 2.53. The van der Waals surface area contributed by atoms with Crippen LogP contribution in [0.4, 0.5) is 5.13 Å². The van der Waals surface area contributed by atoms with Gasteiger partial charge in [-0.3, -0.25) is 0 Å². The largest absolute Gasteiger partial charge is 0.391 e. The highest BCUT2D eigenvalue weighted by atomic mass is 32.1. The van der Waals surface area contributed by atoms with Crippen LogP contribution in [-0.4, -0.2) is 23.7 Å². The van der Waals surface area contributed by atoms with Gasteiger partial charge in [0.2, 0.25) is 0 Å². The molecule has 4 heteroatoms. The zero-order valence-corrected chi connectivity index (χ0v) is 10.9. The fourth-order valence-electron chi connectivity index (χ4n) is 1.57. The van der Waals surface area contributed by atoms with Crippen molar-refractivity contribution in [3.05, 3.63) is 35.2 Å². The van der Waals surface area contributed by atoms with Crippen molar-refractivity contribution in [1.82, 2.24) is 4.98 Å². The summed E-state index contributed by atoms with van der Waals surface area (Å²) in [6.07, 6.45) is 0. The number of rotatable bonds is 4. The second-order valence-corrected chi connectivity index (χ2v) is 4.87. The van der Waals surface area contributed by atoms with Gasteiger partial charge < -0.3 is 10.0 Å². The smallest absolute Gasteiger partial charge is 0.185 e. The van der Waals surface area contributed by atoms with Gasteiger partial charge in [0.15, 0.2) is 5.13 Å². The number of aromatic nitrogens is 1. The van der Waals surface area contributed by atoms with E-state index >= 15 is 0 Å². The molecule has 1 N–H and O–H groups in total. The summed E-state index contributed by atoms with van der Waals surface area (Å²) in [6.45, 7) is 3.04. The number of nitrogens with zero attached hydrogens (tertiary/aromatic N) is 2. The quantitative estimate of drug-likeness (QED) is 0.904. The Bertz CT molecular complexity index is 481. The number of aliphatic hydroxyl groups excluding tert-OH is 1. The normalized spacial score (nSPS) is 10.5. The third kappa shape index (κ3) is 2.48. The predicted octanol–water partition coefficient (Wildman–Crippen LogP) is 2.76. The number of hydrogen-bond acceptors (Lipinski definition) is 4. The van der Waals surface area contributed by atoms with Gasteiger partial charge >= 0.3 is 0 Å². The number of anilines is 1. The van der Waals surface area contributed by atoms with Crippen molar-refractivity contribution < 1.29 is 5.11 Å². The molecule has 0 unspecified atom stereocenters. The Balaban J connectivity index is 2.43. The number of thiazole rings is 1. The molecule has 0 bridgehead atoms. The Morgan fingerprint density at radius 3 is 2.59 bits per heavy atom. The lowest BCUT2D eigenvalue weighted by Gasteiger charge is -2.11. The van der Waals surface area contributed by atoms with Crippen LogP contribution in [-0.2, 0) is 6.61 Å². The zero-order valence-electron chi connectivity index (χ0n) is 10.1. The molecular weight excluding hydrogens is 232 g/mol. The third-order valence-electron chi connectivity index (χ3n) is 2.68. The third-order valence-corrected chi connectivity index (χ3v) is 3.83. The van der Waals surface area contributed by atoms with Crippen LogP contribution in [0.15, 0.2) is 30.3 Å². The number of benzene rings is 1. The van der Waals surface area contributed by atoms with Gasteiger partial charge in [-0.1, -0.05) is 41.7 Å². The minimum atomic E-state index is 0.0411. The minimum Gasteiger partial charge on any atom is -0.391 e. The summed E-state index contributed by atoms with van der Waals surface area (Å²) in [5.74, 6) is 0. The van der Waals surface area contributed by atoms with E-state index in [1.54, 1.807) is 11.3 Å². The van der Waals surface area contributed by atoms with E-state index in [1.165, 1.54) is 0 Å². The average Bonchev–Trinajstić information content (AvgIpc) is 2.83. The van der Waals surface area contributed by atoms with Crippen LogP contribution in [0.2, 0.25) is 0 Å². The molecule has 0 saturated carbocycles. The molecule has 0 aliphatic carbocycles. The molecule has 0 atom stereocenters. The molecule has 0 radical (unpaired) electrons. The maximum atomic E-state index is 9.40. The lowest BCUT2D eigenvalue weighted by atomic mass is 10.1. The minimum absolute atomic E-state index is 0.0411. The van der Waals surface area contributed by atoms with Crippen molar-refractivity contribution in [2.24, 2.45) is 0 Å². The Kier molecular flexibility index (Phi) is 3.76. The van der Waals surface area contributed by atoms with Crippen molar-refractivity contribution in [3.63, 3.8) is 0 Å². The molecule has 0 saturated heterocycles. The molecule has 0 fully saturated rings. The number of hydrogen-bond donors (Lipinski definition) is 1. The van der Waals surface area contributed by atoms with Crippen LogP contribution in [0, 0.1) is 0 Å². The van der Waals surface area contributed by atoms with Gasteiger partial charge in [-0.25, -0.2) is 4.98 Å². The highest BCUT2D eigenvalue weighted by Crippen LogP contribution is 2.32. The Labute approximate surface area is 105 Å². The van der Waals surface area contributed by atoms with E-state index in [0.717, 1.165) is 27.8 Å². The summed E-state index contributed by atoms with van der Waals surface area (Å²) >= 11 is 1.55. The number of aliphatic hydroxyl groups is 1. The van der Waals surface area contributed by atoms with E-state index in [-0.39, 0.29) is 6.61 Å². The second-order valence-electron chi connectivity index (χ2n) is 3.81. The van der Waals surface area contributed by atoms with Crippen LogP contribution < -0.4 is 4.90 Å². The second kappa shape index (κ2) is 5.29. The summed E-state index contributed by atoms with van der Waals surface area (Å²) in [4.78, 5) is 7.61. The van der Waals surface area contributed by atoms with Crippen molar-refractivity contribution in [2.45, 2.75) is 13.5 Å². The first-order valence-corrected chi connectivity index (χ1v) is 6.45. The van der Waals surface area contributed by atoms with Gasteiger partial charge in [0.1, 0.15) is 0 Å². The van der Waals surface area contributed by atoms with E-state index in [9.17, 15) is 5.11 Å². The van der Waals surface area contributed by atoms with Crippen LogP contribution in [0.5, 0.6) is 0 Å². The molecule has 0 spiro atoms. The lowest BCUT2D eigenvalue weighted by Crippen LogP contribution is -2.15. The summed E-state index contributed by atoms with van der Waals surface area (Å²) < 4.78 is 0. The summed E-state index contributed by atoms with van der Waals surface area (Å²) in [5, 5.41) is 10.4. The van der Waals surface area contributed by atoms with Gasteiger partial charge in [-0.15, -0.1) is 0 Å². The van der Waals surface area contributed by atoms with E-state index < -0.39 is 0 Å². The van der Waals surface area contributed by atoms with Crippen molar-refractivity contribution in [3.8, 4) is 11.3 Å². The van der Waals surface area contributed by atoms with Gasteiger partial charge in [0.05, 0.1) is 17.2 Å². The van der Waals surface area contributed by atoms with Gasteiger partial charge in [-0.2, -0.15) is 0 Å². The van der Waals surface area contributed by atoms with Crippen LogP contribution in [0.25, 0.3) is 11.3 Å². The van der Waals surface area contributed by atoms with Crippen LogP contribution >= 0.6 is 11.3 Å². The first-order valence-electron chi connectivity index (χ1n) is 5.63. The first-order chi connectivity index (χ1) is 8.26. The van der Waals surface area contributed by atoms with E-state index in [2.05, 4.69) is 16.8 Å². The Morgan fingerprint density at radius 2 is 2.00 bits per heavy atom. The van der Waals surface area contributed by atoms with Gasteiger partial charge in [0.25, 0.3) is 0 Å². The molecule has 0 aliphatic rings. The molecule has 90 valence electrons. The molecule has 0 amide bonds. The molecule has 2 rings (SSSR count). The topological polar surface area (TPSA) is 36.4 Å². The zero-order chi connectivity index (χ0) is 12.3.